The first-order valence-electron chi connectivity index (χ1n) is 8.06. The fourth-order valence-electron chi connectivity index (χ4n) is 2.49. The molecule has 1 amide bonds. The van der Waals surface area contributed by atoms with Crippen LogP contribution in [-0.2, 0) is 11.2 Å². The average Bonchev–Trinajstić information content (AvgIpc) is 3.15. The largest absolute Gasteiger partial charge is 0.497 e. The number of rotatable bonds is 7. The third kappa shape index (κ3) is 4.37. The number of anilines is 1. The number of nitrogens with zero attached hydrogens (tertiary/aromatic N) is 2. The molecule has 0 aliphatic rings. The fraction of sp³-hybridized carbons (Fsp3) is 0.211. The third-order valence-corrected chi connectivity index (χ3v) is 4.57. The highest BCUT2D eigenvalue weighted by Crippen LogP contribution is 2.26. The van der Waals surface area contributed by atoms with Gasteiger partial charge >= 0.3 is 0 Å². The lowest BCUT2D eigenvalue weighted by Gasteiger charge is -2.10. The second-order valence-corrected chi connectivity index (χ2v) is 6.36. The zero-order valence-corrected chi connectivity index (χ0v) is 15.4. The van der Waals surface area contributed by atoms with Crippen molar-refractivity contribution in [3.63, 3.8) is 0 Å². The maximum atomic E-state index is 12.3. The van der Waals surface area contributed by atoms with E-state index in [4.69, 9.17) is 9.47 Å². The minimum atomic E-state index is -0.0954. The van der Waals surface area contributed by atoms with Crippen molar-refractivity contribution in [2.24, 2.45) is 0 Å². The number of nitrogens with one attached hydrogen (secondary N) is 1. The number of benzene rings is 1. The molecule has 1 N–H and O–H groups in total. The summed E-state index contributed by atoms with van der Waals surface area (Å²) in [6.07, 6.45) is 4.33. The van der Waals surface area contributed by atoms with Crippen LogP contribution in [0.3, 0.4) is 0 Å². The van der Waals surface area contributed by atoms with Gasteiger partial charge in [0.25, 0.3) is 0 Å². The van der Waals surface area contributed by atoms with Crippen LogP contribution in [-0.4, -0.2) is 30.1 Å². The predicted molar refractivity (Wildman–Crippen MR) is 102 cm³/mol. The van der Waals surface area contributed by atoms with Crippen molar-refractivity contribution in [1.29, 1.82) is 0 Å². The Morgan fingerprint density at radius 1 is 1.23 bits per heavy atom. The van der Waals surface area contributed by atoms with Gasteiger partial charge in [-0.3, -0.25) is 9.78 Å². The van der Waals surface area contributed by atoms with Crippen LogP contribution in [0.25, 0.3) is 11.3 Å². The van der Waals surface area contributed by atoms with Gasteiger partial charge in [-0.05, 0) is 42.3 Å². The van der Waals surface area contributed by atoms with Gasteiger partial charge < -0.3 is 14.8 Å². The first kappa shape index (κ1) is 17.9. The molecule has 6 nitrogen and oxygen atoms in total. The fourth-order valence-corrected chi connectivity index (χ4v) is 3.22. The summed E-state index contributed by atoms with van der Waals surface area (Å²) in [5.74, 6) is 1.39. The van der Waals surface area contributed by atoms with E-state index in [1.807, 2.05) is 35.7 Å². The molecule has 0 aliphatic heterocycles. The van der Waals surface area contributed by atoms with Crippen LogP contribution < -0.4 is 14.8 Å². The van der Waals surface area contributed by atoms with E-state index in [9.17, 15) is 4.79 Å². The van der Waals surface area contributed by atoms with E-state index in [-0.39, 0.29) is 5.91 Å². The molecule has 1 aromatic carbocycles. The Labute approximate surface area is 155 Å². The number of aromatic nitrogens is 2. The van der Waals surface area contributed by atoms with Gasteiger partial charge in [-0.2, -0.15) is 0 Å². The van der Waals surface area contributed by atoms with Crippen LogP contribution in [0, 0.1) is 0 Å². The number of hydrogen-bond donors (Lipinski definition) is 1. The summed E-state index contributed by atoms with van der Waals surface area (Å²) >= 11 is 1.39. The molecule has 0 saturated heterocycles. The zero-order chi connectivity index (χ0) is 18.4. The maximum Gasteiger partial charge on any atom is 0.226 e. The summed E-state index contributed by atoms with van der Waals surface area (Å²) in [6.45, 7) is 0. The van der Waals surface area contributed by atoms with Crippen LogP contribution >= 0.6 is 11.3 Å². The van der Waals surface area contributed by atoms with E-state index in [0.29, 0.717) is 18.0 Å². The average molecular weight is 369 g/mol. The molecule has 0 fully saturated rings. The Morgan fingerprint density at radius 3 is 2.85 bits per heavy atom. The quantitative estimate of drug-likeness (QED) is 0.686. The van der Waals surface area contributed by atoms with Gasteiger partial charge in [-0.25, -0.2) is 4.98 Å². The zero-order valence-electron chi connectivity index (χ0n) is 14.6. The summed E-state index contributed by atoms with van der Waals surface area (Å²) < 4.78 is 10.6. The van der Waals surface area contributed by atoms with E-state index < -0.39 is 0 Å². The lowest BCUT2D eigenvalue weighted by Crippen LogP contribution is -2.12. The number of methoxy groups -OCH3 is 2. The molecule has 0 bridgehead atoms. The molecule has 0 aliphatic carbocycles. The Morgan fingerprint density at radius 2 is 2.12 bits per heavy atom. The van der Waals surface area contributed by atoms with E-state index in [2.05, 4.69) is 15.3 Å². The van der Waals surface area contributed by atoms with Gasteiger partial charge in [0.15, 0.2) is 5.13 Å². The molecule has 134 valence electrons. The molecule has 0 spiro atoms. The molecule has 3 aromatic rings. The van der Waals surface area contributed by atoms with Crippen LogP contribution in [0.1, 0.15) is 12.0 Å². The summed E-state index contributed by atoms with van der Waals surface area (Å²) in [5, 5.41) is 5.32. The van der Waals surface area contributed by atoms with E-state index >= 15 is 0 Å². The number of aryl methyl sites for hydroxylation is 1. The van der Waals surface area contributed by atoms with Gasteiger partial charge in [0, 0.05) is 29.8 Å². The Hall–Kier alpha value is -2.93. The molecule has 3 rings (SSSR count). The van der Waals surface area contributed by atoms with Crippen LogP contribution in [0.15, 0.2) is 48.1 Å². The number of carbonyl (C=O) groups excluding carboxylic acids is 1. The first-order chi connectivity index (χ1) is 12.7. The lowest BCUT2D eigenvalue weighted by molar-refractivity contribution is -0.116. The van der Waals surface area contributed by atoms with Crippen LogP contribution in [0.5, 0.6) is 11.5 Å². The van der Waals surface area contributed by atoms with Gasteiger partial charge in [0.2, 0.25) is 5.91 Å². The monoisotopic (exact) mass is 369 g/mol. The van der Waals surface area contributed by atoms with Gasteiger partial charge in [0.1, 0.15) is 11.5 Å². The molecule has 2 aromatic heterocycles. The number of thiazole rings is 1. The van der Waals surface area contributed by atoms with E-state index in [0.717, 1.165) is 28.3 Å². The standard InChI is InChI=1S/C19H19N3O3S/c1-24-15-6-7-17(25-2)13(10-15)5-8-18(23)22-19-21-16(12-26-19)14-4-3-9-20-11-14/h3-4,6-7,9-12H,5,8H2,1-2H3,(H,21,22,23). The second-order valence-electron chi connectivity index (χ2n) is 5.51. The molecular formula is C19H19N3O3S. The summed E-state index contributed by atoms with van der Waals surface area (Å²) in [4.78, 5) is 20.8. The van der Waals surface area contributed by atoms with Gasteiger partial charge in [-0.15, -0.1) is 11.3 Å². The molecule has 2 heterocycles. The topological polar surface area (TPSA) is 73.3 Å². The van der Waals surface area contributed by atoms with Gasteiger partial charge in [-0.1, -0.05) is 0 Å². The molecule has 7 heteroatoms. The molecule has 0 radical (unpaired) electrons. The highest BCUT2D eigenvalue weighted by atomic mass is 32.1. The SMILES string of the molecule is COc1ccc(OC)c(CCC(=O)Nc2nc(-c3cccnc3)cs2)c1. The number of hydrogen-bond acceptors (Lipinski definition) is 6. The molecule has 26 heavy (non-hydrogen) atoms. The molecule has 0 atom stereocenters. The summed E-state index contributed by atoms with van der Waals surface area (Å²) in [6, 6.07) is 9.35. The van der Waals surface area contributed by atoms with Crippen molar-refractivity contribution < 1.29 is 14.3 Å². The van der Waals surface area contributed by atoms with Crippen molar-refractivity contribution in [2.45, 2.75) is 12.8 Å². The molecular weight excluding hydrogens is 350 g/mol. The Bertz CT molecular complexity index is 881. The van der Waals surface area contributed by atoms with E-state index in [1.54, 1.807) is 26.6 Å². The maximum absolute atomic E-state index is 12.3. The van der Waals surface area contributed by atoms with Crippen molar-refractivity contribution >= 4 is 22.4 Å². The minimum absolute atomic E-state index is 0.0954. The van der Waals surface area contributed by atoms with Crippen molar-refractivity contribution in [2.75, 3.05) is 19.5 Å². The number of ether oxygens (including phenoxy) is 2. The summed E-state index contributed by atoms with van der Waals surface area (Å²) in [7, 11) is 3.22. The highest BCUT2D eigenvalue weighted by Gasteiger charge is 2.11. The smallest absolute Gasteiger partial charge is 0.226 e. The predicted octanol–water partition coefficient (Wildman–Crippen LogP) is 3.79. The lowest BCUT2D eigenvalue weighted by atomic mass is 10.1. The van der Waals surface area contributed by atoms with Gasteiger partial charge in [0.05, 0.1) is 19.9 Å². The number of pyridine rings is 1. The van der Waals surface area contributed by atoms with Crippen LogP contribution in [0.4, 0.5) is 5.13 Å². The molecule has 0 unspecified atom stereocenters. The third-order valence-electron chi connectivity index (χ3n) is 3.82. The van der Waals surface area contributed by atoms with E-state index in [1.165, 1.54) is 11.3 Å². The minimum Gasteiger partial charge on any atom is -0.497 e. The van der Waals surface area contributed by atoms with Crippen molar-refractivity contribution in [3.8, 4) is 22.8 Å². The highest BCUT2D eigenvalue weighted by molar-refractivity contribution is 7.14. The van der Waals surface area contributed by atoms with Crippen molar-refractivity contribution in [1.82, 2.24) is 9.97 Å². The summed E-state index contributed by atoms with van der Waals surface area (Å²) in [5.41, 5.74) is 2.65. The number of carbonyl (C=O) groups is 1. The molecule has 0 saturated carbocycles. The number of amides is 1. The Kier molecular flexibility index (Phi) is 5.80. The normalized spacial score (nSPS) is 10.4. The van der Waals surface area contributed by atoms with Crippen molar-refractivity contribution in [3.05, 3.63) is 53.7 Å². The Balaban J connectivity index is 1.61. The van der Waals surface area contributed by atoms with Crippen LogP contribution in [0.2, 0.25) is 0 Å². The second kappa shape index (κ2) is 8.44. The first-order valence-corrected chi connectivity index (χ1v) is 8.94.